The Kier molecular flexibility index (Phi) is 9.20. The number of hydrogen-bond acceptors (Lipinski definition) is 6. The van der Waals surface area contributed by atoms with Crippen LogP contribution in [0.1, 0.15) is 58.2 Å². The van der Waals surface area contributed by atoms with E-state index in [0.717, 1.165) is 29.0 Å². The predicted molar refractivity (Wildman–Crippen MR) is 169 cm³/mol. The summed E-state index contributed by atoms with van der Waals surface area (Å²) in [6, 6.07) is 17.7. The first-order chi connectivity index (χ1) is 20.4. The van der Waals surface area contributed by atoms with Gasteiger partial charge in [0.15, 0.2) is 10.9 Å². The molecule has 44 heavy (non-hydrogen) atoms. The van der Waals surface area contributed by atoms with E-state index in [2.05, 4.69) is 15.0 Å². The van der Waals surface area contributed by atoms with Crippen molar-refractivity contribution in [2.75, 3.05) is 16.0 Å². The van der Waals surface area contributed by atoms with Crippen LogP contribution in [0.15, 0.2) is 77.4 Å². The molecule has 7 nitrogen and oxygen atoms in total. The fourth-order valence-electron chi connectivity index (χ4n) is 4.54. The van der Waals surface area contributed by atoms with Crippen molar-refractivity contribution in [2.24, 2.45) is 4.99 Å². The number of anilines is 2. The molecule has 1 aliphatic rings. The van der Waals surface area contributed by atoms with E-state index < -0.39 is 23.9 Å². The molecule has 0 atom stereocenters. The van der Waals surface area contributed by atoms with Gasteiger partial charge in [-0.2, -0.15) is 0 Å². The number of carbonyl (C=O) groups is 2. The van der Waals surface area contributed by atoms with Crippen LogP contribution in [-0.4, -0.2) is 34.2 Å². The van der Waals surface area contributed by atoms with Crippen LogP contribution in [0.2, 0.25) is 0 Å². The van der Waals surface area contributed by atoms with E-state index in [1.54, 1.807) is 36.4 Å². The minimum absolute atomic E-state index is 0.131. The van der Waals surface area contributed by atoms with Gasteiger partial charge in [-0.25, -0.2) is 4.99 Å². The molecule has 0 radical (unpaired) electrons. The number of phenolic OH excluding ortho intramolecular Hbond substituents is 1. The van der Waals surface area contributed by atoms with E-state index in [-0.39, 0.29) is 38.9 Å². The summed E-state index contributed by atoms with van der Waals surface area (Å²) in [4.78, 5) is 32.5. The molecule has 3 aromatic rings. The van der Waals surface area contributed by atoms with Crippen molar-refractivity contribution in [3.63, 3.8) is 0 Å². The zero-order valence-corrected chi connectivity index (χ0v) is 26.1. The van der Waals surface area contributed by atoms with E-state index >= 15 is 0 Å². The number of phenols is 1. The lowest BCUT2D eigenvalue weighted by Crippen LogP contribution is -2.31. The van der Waals surface area contributed by atoms with Gasteiger partial charge in [0.2, 0.25) is 5.91 Å². The second-order valence-corrected chi connectivity index (χ2v) is 13.2. The number of alkyl halides is 3. The number of carbonyl (C=O) groups excluding carboxylic acids is 2. The lowest BCUT2D eigenvalue weighted by molar-refractivity contribution is -0.274. The molecule has 232 valence electrons. The van der Waals surface area contributed by atoms with Crippen molar-refractivity contribution < 1.29 is 32.6 Å². The second-order valence-electron chi connectivity index (χ2n) is 12.2. The molecule has 0 bridgehead atoms. The minimum Gasteiger partial charge on any atom is -0.507 e. The second kappa shape index (κ2) is 12.4. The van der Waals surface area contributed by atoms with Gasteiger partial charge in [0, 0.05) is 11.1 Å². The van der Waals surface area contributed by atoms with Gasteiger partial charge in [-0.1, -0.05) is 83.6 Å². The lowest BCUT2D eigenvalue weighted by atomic mass is 9.78. The van der Waals surface area contributed by atoms with E-state index in [9.17, 15) is 27.9 Å². The standard InChI is InChI=1S/C33H34F3N3O4S/c1-31(2,3)22-16-20(17-23(28(22)41)32(4,5)6)18-25-29(42)39(21-12-8-7-9-13-21)30(38-25)44-19-27(40)37-24-14-10-11-15-26(24)43-33(34,35)36/h7-18,41H,19H2,1-6H3,(H,37,40)/b25-18+. The zero-order chi connectivity index (χ0) is 32.4. The monoisotopic (exact) mass is 625 g/mol. The van der Waals surface area contributed by atoms with Crippen molar-refractivity contribution >= 4 is 46.2 Å². The SMILES string of the molecule is CC(C)(C)c1cc(/C=C2/N=C(SCC(=O)Nc3ccccc3OC(F)(F)F)N(c3ccccc3)C2=O)cc(C(C)(C)C)c1O. The molecule has 1 heterocycles. The highest BCUT2D eigenvalue weighted by molar-refractivity contribution is 8.14. The molecule has 0 aromatic heterocycles. The van der Waals surface area contributed by atoms with E-state index in [1.165, 1.54) is 23.1 Å². The van der Waals surface area contributed by atoms with E-state index in [1.807, 2.05) is 53.7 Å². The Morgan fingerprint density at radius 3 is 2.09 bits per heavy atom. The quantitative estimate of drug-likeness (QED) is 0.271. The fraction of sp³-hybridized carbons (Fsp3) is 0.303. The van der Waals surface area contributed by atoms with Crippen molar-refractivity contribution in [3.05, 3.63) is 89.1 Å². The summed E-state index contributed by atoms with van der Waals surface area (Å²) in [6.45, 7) is 12.0. The van der Waals surface area contributed by atoms with Crippen LogP contribution < -0.4 is 15.0 Å². The number of nitrogens with zero attached hydrogens (tertiary/aromatic N) is 2. The maximum absolute atomic E-state index is 13.7. The number of rotatable bonds is 6. The van der Waals surface area contributed by atoms with Crippen LogP contribution >= 0.6 is 11.8 Å². The van der Waals surface area contributed by atoms with Crippen LogP contribution in [0.4, 0.5) is 24.5 Å². The Morgan fingerprint density at radius 2 is 1.52 bits per heavy atom. The van der Waals surface area contributed by atoms with Gasteiger partial charge >= 0.3 is 6.36 Å². The number of benzene rings is 3. The molecular formula is C33H34F3N3O4S. The normalized spacial score (nSPS) is 15.0. The molecular weight excluding hydrogens is 591 g/mol. The van der Waals surface area contributed by atoms with Gasteiger partial charge in [-0.05, 0) is 58.9 Å². The molecule has 0 fully saturated rings. The number of amidine groups is 1. The molecule has 2 N–H and O–H groups in total. The number of nitrogens with one attached hydrogen (secondary N) is 1. The smallest absolute Gasteiger partial charge is 0.507 e. The highest BCUT2D eigenvalue weighted by atomic mass is 32.2. The molecule has 0 unspecified atom stereocenters. The first-order valence-electron chi connectivity index (χ1n) is 13.8. The summed E-state index contributed by atoms with van der Waals surface area (Å²) in [5.74, 6) is -1.60. The maximum atomic E-state index is 13.7. The lowest BCUT2D eigenvalue weighted by Gasteiger charge is -2.28. The fourth-order valence-corrected chi connectivity index (χ4v) is 5.35. The number of amides is 2. The molecule has 3 aromatic carbocycles. The Bertz CT molecular complexity index is 1590. The van der Waals surface area contributed by atoms with E-state index in [0.29, 0.717) is 11.3 Å². The number of para-hydroxylation sites is 3. The summed E-state index contributed by atoms with van der Waals surface area (Å²) in [7, 11) is 0. The summed E-state index contributed by atoms with van der Waals surface area (Å²) in [5.41, 5.74) is 1.91. The first kappa shape index (κ1) is 32.7. The number of aromatic hydroxyl groups is 1. The summed E-state index contributed by atoms with van der Waals surface area (Å²) < 4.78 is 42.5. The van der Waals surface area contributed by atoms with Crippen molar-refractivity contribution in [1.82, 2.24) is 0 Å². The summed E-state index contributed by atoms with van der Waals surface area (Å²) in [5, 5.41) is 13.8. The molecule has 2 amide bonds. The van der Waals surface area contributed by atoms with Crippen LogP contribution in [0.5, 0.6) is 11.5 Å². The first-order valence-corrected chi connectivity index (χ1v) is 14.8. The molecule has 0 spiro atoms. The largest absolute Gasteiger partial charge is 0.573 e. The van der Waals surface area contributed by atoms with Crippen LogP contribution in [-0.2, 0) is 20.4 Å². The van der Waals surface area contributed by atoms with Crippen molar-refractivity contribution in [2.45, 2.75) is 58.7 Å². The van der Waals surface area contributed by atoms with Gasteiger partial charge < -0.3 is 15.2 Å². The van der Waals surface area contributed by atoms with Crippen LogP contribution in [0.3, 0.4) is 0 Å². The van der Waals surface area contributed by atoms with Gasteiger partial charge in [-0.3, -0.25) is 14.5 Å². The number of ether oxygens (including phenoxy) is 1. The average Bonchev–Trinajstić information content (AvgIpc) is 3.22. The van der Waals surface area contributed by atoms with Gasteiger partial charge in [-0.15, -0.1) is 13.2 Å². The van der Waals surface area contributed by atoms with E-state index in [4.69, 9.17) is 0 Å². The van der Waals surface area contributed by atoms with Crippen molar-refractivity contribution in [3.8, 4) is 11.5 Å². The maximum Gasteiger partial charge on any atom is 0.573 e. The topological polar surface area (TPSA) is 91.2 Å². The number of thioether (sulfide) groups is 1. The van der Waals surface area contributed by atoms with Crippen LogP contribution in [0, 0.1) is 0 Å². The van der Waals surface area contributed by atoms with Gasteiger partial charge in [0.25, 0.3) is 5.91 Å². The third kappa shape index (κ3) is 7.82. The summed E-state index contributed by atoms with van der Waals surface area (Å²) in [6.07, 6.45) is -3.27. The highest BCUT2D eigenvalue weighted by Crippen LogP contribution is 2.41. The minimum atomic E-state index is -4.92. The number of halogens is 3. The third-order valence-corrected chi connectivity index (χ3v) is 7.55. The molecule has 4 rings (SSSR count). The number of aliphatic imine (C=N–C) groups is 1. The van der Waals surface area contributed by atoms with Gasteiger partial charge in [0.05, 0.1) is 17.1 Å². The van der Waals surface area contributed by atoms with Gasteiger partial charge in [0.1, 0.15) is 11.4 Å². The summed E-state index contributed by atoms with van der Waals surface area (Å²) >= 11 is 0.968. The third-order valence-electron chi connectivity index (χ3n) is 6.61. The Balaban J connectivity index is 1.66. The molecule has 1 aliphatic heterocycles. The molecule has 0 saturated heterocycles. The van der Waals surface area contributed by atoms with Crippen LogP contribution in [0.25, 0.3) is 6.08 Å². The highest BCUT2D eigenvalue weighted by Gasteiger charge is 2.34. The Hall–Kier alpha value is -4.25. The molecule has 0 saturated carbocycles. The zero-order valence-electron chi connectivity index (χ0n) is 25.2. The Labute approximate surface area is 258 Å². The molecule has 11 heteroatoms. The Morgan fingerprint density at radius 1 is 0.955 bits per heavy atom. The average molecular weight is 626 g/mol. The number of hydrogen-bond donors (Lipinski definition) is 2. The molecule has 0 aliphatic carbocycles. The van der Waals surface area contributed by atoms with Crippen molar-refractivity contribution in [1.29, 1.82) is 0 Å². The predicted octanol–water partition coefficient (Wildman–Crippen LogP) is 8.00.